The Morgan fingerprint density at radius 2 is 1.72 bits per heavy atom. The monoisotopic (exact) mass is 743 g/mol. The average molecular weight is 745 g/mol. The molecular weight excluding hydrogens is 698 g/mol. The van der Waals surface area contributed by atoms with Crippen molar-refractivity contribution in [2.24, 2.45) is 0 Å². The van der Waals surface area contributed by atoms with Gasteiger partial charge in [0.2, 0.25) is 5.91 Å². The van der Waals surface area contributed by atoms with E-state index in [0.717, 1.165) is 46.8 Å². The van der Waals surface area contributed by atoms with Crippen LogP contribution in [0.25, 0.3) is 5.69 Å². The highest BCUT2D eigenvalue weighted by Crippen LogP contribution is 2.30. The number of carbonyl (C=O) groups excluding carboxylic acids is 3. The van der Waals surface area contributed by atoms with Crippen molar-refractivity contribution < 1.29 is 24.2 Å². The second-order valence-electron chi connectivity index (χ2n) is 12.8. The van der Waals surface area contributed by atoms with E-state index in [1.165, 1.54) is 0 Å². The SMILES string of the molecule is CCCCN(CCCC)C(=O)c1cc(C)n(-c2ccc(NC(=O)Cc3ccc(OC)c(Br)c3)cc2C(=O)N2Cc3ccccc3CC2CO)n1. The van der Waals surface area contributed by atoms with Gasteiger partial charge in [-0.2, -0.15) is 5.10 Å². The summed E-state index contributed by atoms with van der Waals surface area (Å²) in [6.07, 6.45) is 4.39. The lowest BCUT2D eigenvalue weighted by molar-refractivity contribution is -0.115. The number of aliphatic hydroxyl groups excluding tert-OH is 1. The highest BCUT2D eigenvalue weighted by Gasteiger charge is 2.32. The number of amides is 3. The van der Waals surface area contributed by atoms with Gasteiger partial charge in [0.15, 0.2) is 5.69 Å². The Balaban J connectivity index is 1.50. The van der Waals surface area contributed by atoms with Gasteiger partial charge in [0, 0.05) is 31.0 Å². The molecule has 0 spiro atoms. The fourth-order valence-electron chi connectivity index (χ4n) is 6.32. The van der Waals surface area contributed by atoms with E-state index in [1.807, 2.05) is 48.2 Å². The van der Waals surface area contributed by atoms with Crippen molar-refractivity contribution in [3.8, 4) is 11.4 Å². The van der Waals surface area contributed by atoms with E-state index in [2.05, 4.69) is 35.1 Å². The number of aryl methyl sites for hydroxylation is 1. The van der Waals surface area contributed by atoms with Gasteiger partial charge < -0.3 is 25.0 Å². The van der Waals surface area contributed by atoms with Gasteiger partial charge in [-0.25, -0.2) is 4.68 Å². The summed E-state index contributed by atoms with van der Waals surface area (Å²) in [5, 5.41) is 18.1. The molecule has 1 aromatic heterocycles. The molecule has 0 fully saturated rings. The molecule has 10 nitrogen and oxygen atoms in total. The third-order valence-electron chi connectivity index (χ3n) is 9.10. The largest absolute Gasteiger partial charge is 0.496 e. The lowest BCUT2D eigenvalue weighted by Crippen LogP contribution is -2.46. The van der Waals surface area contributed by atoms with Gasteiger partial charge in [-0.1, -0.05) is 57.0 Å². The molecule has 1 unspecified atom stereocenters. The molecule has 3 amide bonds. The van der Waals surface area contributed by atoms with E-state index in [9.17, 15) is 19.5 Å². The molecule has 0 saturated carbocycles. The zero-order chi connectivity index (χ0) is 35.8. The Labute approximate surface area is 302 Å². The van der Waals surface area contributed by atoms with Crippen LogP contribution in [0.1, 0.15) is 82.8 Å². The number of fused-ring (bicyclic) bond motifs is 1. The summed E-state index contributed by atoms with van der Waals surface area (Å²) < 4.78 is 7.68. The highest BCUT2D eigenvalue weighted by atomic mass is 79.9. The lowest BCUT2D eigenvalue weighted by atomic mass is 9.93. The first-order valence-corrected chi connectivity index (χ1v) is 18.1. The first-order valence-electron chi connectivity index (χ1n) is 17.3. The maximum Gasteiger partial charge on any atom is 0.274 e. The van der Waals surface area contributed by atoms with Crippen LogP contribution in [0, 0.1) is 6.92 Å². The van der Waals surface area contributed by atoms with Crippen LogP contribution in [0.4, 0.5) is 5.69 Å². The molecule has 0 radical (unpaired) electrons. The second-order valence-corrected chi connectivity index (χ2v) is 13.6. The number of benzene rings is 3. The van der Waals surface area contributed by atoms with E-state index >= 15 is 0 Å². The van der Waals surface area contributed by atoms with Crippen LogP contribution in [-0.4, -0.2) is 75.3 Å². The van der Waals surface area contributed by atoms with E-state index in [-0.39, 0.29) is 30.7 Å². The Morgan fingerprint density at radius 1 is 1.00 bits per heavy atom. The number of methoxy groups -OCH3 is 1. The van der Waals surface area contributed by atoms with E-state index in [4.69, 9.17) is 9.84 Å². The van der Waals surface area contributed by atoms with Crippen LogP contribution >= 0.6 is 15.9 Å². The molecule has 1 atom stereocenters. The molecule has 1 aliphatic heterocycles. The van der Waals surface area contributed by atoms with Crippen molar-refractivity contribution in [1.29, 1.82) is 0 Å². The number of nitrogens with zero attached hydrogens (tertiary/aromatic N) is 4. The van der Waals surface area contributed by atoms with Gasteiger partial charge in [0.25, 0.3) is 11.8 Å². The molecule has 4 aromatic rings. The summed E-state index contributed by atoms with van der Waals surface area (Å²) in [4.78, 5) is 45.0. The third-order valence-corrected chi connectivity index (χ3v) is 9.72. The summed E-state index contributed by atoms with van der Waals surface area (Å²) in [5.74, 6) is -0.0266. The van der Waals surface area contributed by atoms with Gasteiger partial charge in [0.1, 0.15) is 5.75 Å². The van der Waals surface area contributed by atoms with E-state index in [0.29, 0.717) is 60.1 Å². The summed E-state index contributed by atoms with van der Waals surface area (Å²) in [5.41, 5.74) is 5.14. The fourth-order valence-corrected chi connectivity index (χ4v) is 6.91. The number of nitrogens with one attached hydrogen (secondary N) is 1. The minimum absolute atomic E-state index is 0.111. The Kier molecular flexibility index (Phi) is 12.5. The van der Waals surface area contributed by atoms with Crippen molar-refractivity contribution in [2.45, 2.75) is 71.9 Å². The van der Waals surface area contributed by atoms with Crippen LogP contribution in [0.15, 0.2) is 71.2 Å². The molecule has 2 N–H and O–H groups in total. The van der Waals surface area contributed by atoms with Gasteiger partial charge in [-0.15, -0.1) is 0 Å². The number of halogens is 1. The lowest BCUT2D eigenvalue weighted by Gasteiger charge is -2.36. The number of hydrogen-bond acceptors (Lipinski definition) is 6. The fraction of sp³-hybridized carbons (Fsp3) is 0.385. The molecule has 5 rings (SSSR count). The maximum atomic E-state index is 14.6. The summed E-state index contributed by atoms with van der Waals surface area (Å²) in [6, 6.07) is 19.9. The van der Waals surface area contributed by atoms with Crippen molar-refractivity contribution in [3.63, 3.8) is 0 Å². The zero-order valence-electron chi connectivity index (χ0n) is 29.2. The number of hydrogen-bond donors (Lipinski definition) is 2. The average Bonchev–Trinajstić information content (AvgIpc) is 3.51. The van der Waals surface area contributed by atoms with E-state index in [1.54, 1.807) is 47.0 Å². The number of aliphatic hydroxyl groups is 1. The van der Waals surface area contributed by atoms with Gasteiger partial charge in [-0.3, -0.25) is 14.4 Å². The molecule has 1 aliphatic rings. The smallest absolute Gasteiger partial charge is 0.274 e. The maximum absolute atomic E-state index is 14.6. The van der Waals surface area contributed by atoms with Gasteiger partial charge in [-0.05, 0) is 95.2 Å². The number of carbonyl (C=O) groups is 3. The van der Waals surface area contributed by atoms with Crippen LogP contribution in [0.3, 0.4) is 0 Å². The highest BCUT2D eigenvalue weighted by molar-refractivity contribution is 9.10. The summed E-state index contributed by atoms with van der Waals surface area (Å²) in [7, 11) is 1.58. The van der Waals surface area contributed by atoms with Gasteiger partial charge in [0.05, 0.1) is 41.9 Å². The van der Waals surface area contributed by atoms with Gasteiger partial charge >= 0.3 is 0 Å². The molecule has 0 aliphatic carbocycles. The number of anilines is 1. The predicted molar refractivity (Wildman–Crippen MR) is 198 cm³/mol. The Hall–Kier alpha value is -4.48. The topological polar surface area (TPSA) is 117 Å². The Bertz CT molecular complexity index is 1830. The van der Waals surface area contributed by atoms with Crippen LogP contribution in [0.2, 0.25) is 0 Å². The first-order chi connectivity index (χ1) is 24.2. The molecule has 264 valence electrons. The molecule has 2 heterocycles. The summed E-state index contributed by atoms with van der Waals surface area (Å²) >= 11 is 3.48. The van der Waals surface area contributed by atoms with E-state index < -0.39 is 6.04 Å². The molecular formula is C39H46BrN5O5. The van der Waals surface area contributed by atoms with Crippen molar-refractivity contribution in [3.05, 3.63) is 105 Å². The Morgan fingerprint density at radius 3 is 2.38 bits per heavy atom. The summed E-state index contributed by atoms with van der Waals surface area (Å²) in [6.45, 7) is 7.51. The number of ether oxygens (including phenoxy) is 1. The second kappa shape index (κ2) is 17.0. The zero-order valence-corrected chi connectivity index (χ0v) is 30.8. The molecule has 3 aromatic carbocycles. The quantitative estimate of drug-likeness (QED) is 0.148. The number of aromatic nitrogens is 2. The molecule has 50 heavy (non-hydrogen) atoms. The minimum Gasteiger partial charge on any atom is -0.496 e. The molecule has 0 bridgehead atoms. The van der Waals surface area contributed by atoms with Crippen LogP contribution in [0.5, 0.6) is 5.75 Å². The van der Waals surface area contributed by atoms with Crippen molar-refractivity contribution in [1.82, 2.24) is 19.6 Å². The number of unbranched alkanes of at least 4 members (excludes halogenated alkanes) is 2. The third kappa shape index (κ3) is 8.45. The number of rotatable bonds is 14. The minimum atomic E-state index is -0.432. The van der Waals surface area contributed by atoms with Crippen LogP contribution < -0.4 is 10.1 Å². The predicted octanol–water partition coefficient (Wildman–Crippen LogP) is 6.73. The first kappa shape index (κ1) is 36.8. The van der Waals surface area contributed by atoms with Crippen molar-refractivity contribution >= 4 is 39.3 Å². The molecule has 11 heteroatoms. The standard InChI is InChI=1S/C39H46BrN5O5/c1-5-7-17-43(18-8-6-2)39(49)34-19-26(3)45(42-34)35-15-14-30(41-37(47)21-27-13-16-36(50-4)33(40)20-27)23-32(35)38(48)44-24-29-12-10-9-11-28(29)22-31(44)25-46/h9-16,19-20,23,31,46H,5-8,17-18,21-22,24-25H2,1-4H3,(H,41,47). The van der Waals surface area contributed by atoms with Crippen LogP contribution in [-0.2, 0) is 24.2 Å². The van der Waals surface area contributed by atoms with Crippen molar-refractivity contribution in [2.75, 3.05) is 32.1 Å². The molecule has 0 saturated heterocycles. The normalized spacial score (nSPS) is 13.9.